The van der Waals surface area contributed by atoms with Crippen molar-refractivity contribution in [2.24, 2.45) is 4.99 Å². The summed E-state index contributed by atoms with van der Waals surface area (Å²) in [6.07, 6.45) is 6.06. The number of fused-ring (bicyclic) bond motifs is 1. The van der Waals surface area contributed by atoms with Gasteiger partial charge in [-0.25, -0.2) is 0 Å². The molecule has 0 spiro atoms. The van der Waals surface area contributed by atoms with Crippen LogP contribution in [0.1, 0.15) is 38.9 Å². The van der Waals surface area contributed by atoms with Crippen molar-refractivity contribution in [3.8, 4) is 0 Å². The summed E-state index contributed by atoms with van der Waals surface area (Å²) < 4.78 is 2.04. The normalized spacial score (nSPS) is 18.4. The van der Waals surface area contributed by atoms with Crippen LogP contribution in [-0.4, -0.2) is 99.6 Å². The zero-order chi connectivity index (χ0) is 22.3. The molecular formula is C23H37IN8O. The SMILES string of the molecule is CCNC(=NCCCc1nnc2ccccn12)N1CCN(C(C)C(=O)N2CCCC2)CC1.I. The molecule has 2 saturated heterocycles. The lowest BCUT2D eigenvalue weighted by Gasteiger charge is -2.39. The van der Waals surface area contributed by atoms with E-state index in [0.29, 0.717) is 0 Å². The van der Waals surface area contributed by atoms with Crippen LogP contribution in [0.15, 0.2) is 29.4 Å². The molecule has 2 aliphatic heterocycles. The molecule has 4 heterocycles. The molecule has 0 aromatic carbocycles. The summed E-state index contributed by atoms with van der Waals surface area (Å²) >= 11 is 0. The third-order valence-corrected chi connectivity index (χ3v) is 6.48. The van der Waals surface area contributed by atoms with Crippen molar-refractivity contribution in [2.45, 2.75) is 45.6 Å². The van der Waals surface area contributed by atoms with Gasteiger partial charge >= 0.3 is 0 Å². The second kappa shape index (κ2) is 12.5. The summed E-state index contributed by atoms with van der Waals surface area (Å²) in [6.45, 7) is 11.1. The van der Waals surface area contributed by atoms with Crippen molar-refractivity contribution in [3.05, 3.63) is 30.2 Å². The standard InChI is InChI=1S/C23H36N8O.HI/c1-3-24-23(25-11-8-10-21-27-26-20-9-4-5-14-31(20)21)30-17-15-28(16-18-30)19(2)22(32)29-12-6-7-13-29;/h4-5,9,14,19H,3,6-8,10-13,15-18H2,1-2H3,(H,24,25);1H. The third kappa shape index (κ3) is 6.34. The Morgan fingerprint density at radius 2 is 1.85 bits per heavy atom. The predicted molar refractivity (Wildman–Crippen MR) is 141 cm³/mol. The van der Waals surface area contributed by atoms with Crippen LogP contribution in [-0.2, 0) is 11.2 Å². The van der Waals surface area contributed by atoms with Crippen LogP contribution in [0.3, 0.4) is 0 Å². The molecule has 4 rings (SSSR count). The van der Waals surface area contributed by atoms with E-state index in [4.69, 9.17) is 4.99 Å². The molecule has 0 aliphatic carbocycles. The maximum absolute atomic E-state index is 12.7. The molecule has 182 valence electrons. The van der Waals surface area contributed by atoms with Gasteiger partial charge in [0.05, 0.1) is 6.04 Å². The van der Waals surface area contributed by atoms with Gasteiger partial charge in [0.2, 0.25) is 5.91 Å². The number of amides is 1. The maximum atomic E-state index is 12.7. The van der Waals surface area contributed by atoms with Gasteiger partial charge in [-0.1, -0.05) is 6.07 Å². The summed E-state index contributed by atoms with van der Waals surface area (Å²) in [4.78, 5) is 24.3. The molecule has 1 amide bonds. The molecule has 1 unspecified atom stereocenters. The van der Waals surface area contributed by atoms with Crippen LogP contribution in [0.25, 0.3) is 5.65 Å². The Bertz CT molecular complexity index is 918. The molecule has 1 N–H and O–H groups in total. The highest BCUT2D eigenvalue weighted by Gasteiger charge is 2.30. The van der Waals surface area contributed by atoms with Crippen molar-refractivity contribution in [1.82, 2.24) is 34.6 Å². The number of hydrogen-bond acceptors (Lipinski definition) is 5. The lowest BCUT2D eigenvalue weighted by atomic mass is 10.2. The van der Waals surface area contributed by atoms with Crippen LogP contribution in [0.2, 0.25) is 0 Å². The Morgan fingerprint density at radius 3 is 2.58 bits per heavy atom. The molecule has 2 fully saturated rings. The van der Waals surface area contributed by atoms with E-state index in [0.717, 1.165) is 95.5 Å². The highest BCUT2D eigenvalue weighted by Crippen LogP contribution is 2.14. The molecule has 0 bridgehead atoms. The summed E-state index contributed by atoms with van der Waals surface area (Å²) in [7, 11) is 0. The number of rotatable bonds is 7. The van der Waals surface area contributed by atoms with Gasteiger partial charge in [0.1, 0.15) is 5.82 Å². The van der Waals surface area contributed by atoms with Crippen molar-refractivity contribution >= 4 is 41.5 Å². The van der Waals surface area contributed by atoms with Crippen molar-refractivity contribution < 1.29 is 4.79 Å². The van der Waals surface area contributed by atoms with Crippen molar-refractivity contribution in [2.75, 3.05) is 52.4 Å². The predicted octanol–water partition coefficient (Wildman–Crippen LogP) is 1.87. The highest BCUT2D eigenvalue weighted by molar-refractivity contribution is 14.0. The first-order valence-electron chi connectivity index (χ1n) is 12.0. The van der Waals surface area contributed by atoms with E-state index in [1.54, 1.807) is 0 Å². The minimum atomic E-state index is -0.0345. The lowest BCUT2D eigenvalue weighted by molar-refractivity contribution is -0.135. The Kier molecular flexibility index (Phi) is 9.72. The van der Waals surface area contributed by atoms with Crippen LogP contribution in [0, 0.1) is 0 Å². The summed E-state index contributed by atoms with van der Waals surface area (Å²) in [5.41, 5.74) is 0.884. The second-order valence-corrected chi connectivity index (χ2v) is 8.62. The van der Waals surface area contributed by atoms with Crippen molar-refractivity contribution in [1.29, 1.82) is 0 Å². The summed E-state index contributed by atoms with van der Waals surface area (Å²) in [6, 6.07) is 5.91. The fourth-order valence-corrected chi connectivity index (χ4v) is 4.59. The monoisotopic (exact) mass is 568 g/mol. The van der Waals surface area contributed by atoms with Crippen LogP contribution < -0.4 is 5.32 Å². The topological polar surface area (TPSA) is 81.4 Å². The van der Waals surface area contributed by atoms with E-state index in [1.165, 1.54) is 0 Å². The Balaban J connectivity index is 0.00000306. The first-order chi connectivity index (χ1) is 15.7. The number of pyridine rings is 1. The molecule has 2 aromatic heterocycles. The van der Waals surface area contributed by atoms with Gasteiger partial charge in [0.15, 0.2) is 11.6 Å². The number of guanidine groups is 1. The van der Waals surface area contributed by atoms with Gasteiger partial charge in [0.25, 0.3) is 0 Å². The molecule has 9 nitrogen and oxygen atoms in total. The second-order valence-electron chi connectivity index (χ2n) is 8.62. The van der Waals surface area contributed by atoms with E-state index < -0.39 is 0 Å². The molecule has 33 heavy (non-hydrogen) atoms. The average Bonchev–Trinajstić information content (AvgIpc) is 3.51. The van der Waals surface area contributed by atoms with Crippen molar-refractivity contribution in [3.63, 3.8) is 0 Å². The first-order valence-corrected chi connectivity index (χ1v) is 12.0. The number of carbonyl (C=O) groups excluding carboxylic acids is 1. The highest BCUT2D eigenvalue weighted by atomic mass is 127. The number of carbonyl (C=O) groups is 1. The van der Waals surface area contributed by atoms with Gasteiger partial charge in [-0.15, -0.1) is 34.2 Å². The fraction of sp³-hybridized carbons (Fsp3) is 0.652. The van der Waals surface area contributed by atoms with Gasteiger partial charge in [-0.2, -0.15) is 0 Å². The maximum Gasteiger partial charge on any atom is 0.239 e. The number of nitrogens with zero attached hydrogens (tertiary/aromatic N) is 7. The number of aliphatic imine (C=N–C) groups is 1. The van der Waals surface area contributed by atoms with Crippen LogP contribution in [0.5, 0.6) is 0 Å². The number of piperazine rings is 1. The summed E-state index contributed by atoms with van der Waals surface area (Å²) in [5, 5.41) is 12.0. The number of likely N-dealkylation sites (tertiary alicyclic amines) is 1. The molecular weight excluding hydrogens is 531 g/mol. The lowest BCUT2D eigenvalue weighted by Crippen LogP contribution is -2.57. The summed E-state index contributed by atoms with van der Waals surface area (Å²) in [5.74, 6) is 2.24. The number of nitrogens with one attached hydrogen (secondary N) is 1. The number of aromatic nitrogens is 3. The van der Waals surface area contributed by atoms with E-state index >= 15 is 0 Å². The molecule has 0 radical (unpaired) electrons. The largest absolute Gasteiger partial charge is 0.357 e. The smallest absolute Gasteiger partial charge is 0.239 e. The fourth-order valence-electron chi connectivity index (χ4n) is 4.59. The van der Waals surface area contributed by atoms with E-state index in [-0.39, 0.29) is 35.9 Å². The minimum absolute atomic E-state index is 0. The zero-order valence-electron chi connectivity index (χ0n) is 19.8. The zero-order valence-corrected chi connectivity index (χ0v) is 22.1. The molecule has 2 aliphatic rings. The van der Waals surface area contributed by atoms with Gasteiger partial charge in [-0.05, 0) is 45.2 Å². The van der Waals surface area contributed by atoms with E-state index in [2.05, 4.69) is 39.2 Å². The minimum Gasteiger partial charge on any atom is -0.357 e. The van der Waals surface area contributed by atoms with Gasteiger partial charge in [0, 0.05) is 65.0 Å². The quantitative estimate of drug-likeness (QED) is 0.238. The molecule has 0 saturated carbocycles. The number of aryl methyl sites for hydroxylation is 1. The van der Waals surface area contributed by atoms with Crippen LogP contribution >= 0.6 is 24.0 Å². The first kappa shape index (κ1) is 25.7. The number of halogens is 1. The Morgan fingerprint density at radius 1 is 1.09 bits per heavy atom. The molecule has 10 heteroatoms. The van der Waals surface area contributed by atoms with Gasteiger partial charge in [-0.3, -0.25) is 19.1 Å². The molecule has 2 aromatic rings. The van der Waals surface area contributed by atoms with Gasteiger partial charge < -0.3 is 15.1 Å². The number of hydrogen-bond donors (Lipinski definition) is 1. The van der Waals surface area contributed by atoms with E-state index in [1.807, 2.05) is 33.7 Å². The molecule has 1 atom stereocenters. The average molecular weight is 569 g/mol. The Hall–Kier alpha value is -1.95. The van der Waals surface area contributed by atoms with E-state index in [9.17, 15) is 4.79 Å². The third-order valence-electron chi connectivity index (χ3n) is 6.48. The van der Waals surface area contributed by atoms with Crippen LogP contribution in [0.4, 0.5) is 0 Å². The Labute approximate surface area is 213 Å².